The van der Waals surface area contributed by atoms with Crippen molar-refractivity contribution in [3.05, 3.63) is 69.1 Å². The zero-order valence-corrected chi connectivity index (χ0v) is 17.9. The smallest absolute Gasteiger partial charge is 0.288 e. The van der Waals surface area contributed by atoms with Crippen LogP contribution in [0.1, 0.15) is 25.0 Å². The number of nitrogens with zero attached hydrogens (tertiary/aromatic N) is 2. The van der Waals surface area contributed by atoms with Gasteiger partial charge in [0, 0.05) is 12.1 Å². The summed E-state index contributed by atoms with van der Waals surface area (Å²) in [6.45, 7) is 3.11. The van der Waals surface area contributed by atoms with Crippen molar-refractivity contribution in [2.24, 2.45) is 0 Å². The SMILES string of the molecule is CC(C)S(=O)(=O)NCc1ccc(Cl)c(-c2nn(-c3ccc(C(F)(F)F)cc3)c(=O)[nH]2)c1. The summed E-state index contributed by atoms with van der Waals surface area (Å²) in [5.74, 6) is 0.0865. The van der Waals surface area contributed by atoms with Crippen LogP contribution in [-0.4, -0.2) is 28.4 Å². The van der Waals surface area contributed by atoms with Crippen molar-refractivity contribution in [2.75, 3.05) is 0 Å². The lowest BCUT2D eigenvalue weighted by Crippen LogP contribution is -2.30. The number of aromatic amines is 1. The Bertz CT molecular complexity index is 1250. The second kappa shape index (κ2) is 8.48. The maximum Gasteiger partial charge on any atom is 0.416 e. The van der Waals surface area contributed by atoms with Gasteiger partial charge in [0.1, 0.15) is 0 Å². The van der Waals surface area contributed by atoms with Gasteiger partial charge in [-0.1, -0.05) is 17.7 Å². The van der Waals surface area contributed by atoms with E-state index >= 15 is 0 Å². The fourth-order valence-corrected chi connectivity index (χ4v) is 3.54. The van der Waals surface area contributed by atoms with Gasteiger partial charge in [-0.2, -0.15) is 17.9 Å². The first kappa shape index (κ1) is 23.0. The van der Waals surface area contributed by atoms with E-state index in [2.05, 4.69) is 14.8 Å². The number of halogens is 4. The van der Waals surface area contributed by atoms with Gasteiger partial charge in [0.25, 0.3) is 0 Å². The van der Waals surface area contributed by atoms with E-state index < -0.39 is 32.7 Å². The summed E-state index contributed by atoms with van der Waals surface area (Å²) in [5, 5.41) is 3.78. The van der Waals surface area contributed by atoms with Crippen molar-refractivity contribution in [3.63, 3.8) is 0 Å². The van der Waals surface area contributed by atoms with Crippen LogP contribution in [0.5, 0.6) is 0 Å². The predicted molar refractivity (Wildman–Crippen MR) is 111 cm³/mol. The van der Waals surface area contributed by atoms with Gasteiger partial charge in [0.15, 0.2) is 5.82 Å². The van der Waals surface area contributed by atoms with E-state index in [4.69, 9.17) is 11.6 Å². The van der Waals surface area contributed by atoms with Crippen molar-refractivity contribution in [2.45, 2.75) is 31.8 Å². The molecule has 0 atom stereocenters. The lowest BCUT2D eigenvalue weighted by molar-refractivity contribution is -0.137. The van der Waals surface area contributed by atoms with Gasteiger partial charge in [0.05, 0.1) is 21.5 Å². The molecule has 3 aromatic rings. The van der Waals surface area contributed by atoms with Crippen LogP contribution in [0.4, 0.5) is 13.2 Å². The number of sulfonamides is 1. The molecule has 0 saturated carbocycles. The molecule has 1 aromatic heterocycles. The fourth-order valence-electron chi connectivity index (χ4n) is 2.63. The first-order valence-electron chi connectivity index (χ1n) is 9.03. The first-order chi connectivity index (χ1) is 14.4. The van der Waals surface area contributed by atoms with E-state index in [1.54, 1.807) is 26.0 Å². The van der Waals surface area contributed by atoms with Gasteiger partial charge in [-0.3, -0.25) is 4.98 Å². The van der Waals surface area contributed by atoms with Gasteiger partial charge < -0.3 is 0 Å². The van der Waals surface area contributed by atoms with Gasteiger partial charge in [-0.25, -0.2) is 17.9 Å². The number of benzene rings is 2. The minimum absolute atomic E-state index is 0.00846. The molecule has 0 fully saturated rings. The average Bonchev–Trinajstić information content (AvgIpc) is 3.08. The maximum absolute atomic E-state index is 12.7. The van der Waals surface area contributed by atoms with E-state index in [0.29, 0.717) is 11.1 Å². The summed E-state index contributed by atoms with van der Waals surface area (Å²) in [6, 6.07) is 8.70. The summed E-state index contributed by atoms with van der Waals surface area (Å²) in [4.78, 5) is 14.8. The number of aromatic nitrogens is 3. The standard InChI is InChI=1S/C19H18ClF3N4O3S/c1-11(2)31(29,30)24-10-12-3-8-16(20)15(9-12)17-25-18(28)27(26-17)14-6-4-13(5-7-14)19(21,22)23/h3-9,11,24H,10H2,1-2H3,(H,25,26,28). The number of hydrogen-bond donors (Lipinski definition) is 2. The van der Waals surface area contributed by atoms with E-state index in [-0.39, 0.29) is 23.1 Å². The highest BCUT2D eigenvalue weighted by atomic mass is 35.5. The second-order valence-corrected chi connectivity index (χ2v) is 9.69. The molecule has 0 saturated heterocycles. The molecule has 0 spiro atoms. The third-order valence-corrected chi connectivity index (χ3v) is 6.56. The maximum atomic E-state index is 12.7. The molecule has 0 aliphatic heterocycles. The van der Waals surface area contributed by atoms with Gasteiger partial charge >= 0.3 is 11.9 Å². The zero-order valence-electron chi connectivity index (χ0n) is 16.4. The Labute approximate surface area is 180 Å². The molecule has 31 heavy (non-hydrogen) atoms. The summed E-state index contributed by atoms with van der Waals surface area (Å²) in [7, 11) is -3.48. The van der Waals surface area contributed by atoms with Crippen LogP contribution < -0.4 is 10.4 Å². The highest BCUT2D eigenvalue weighted by molar-refractivity contribution is 7.90. The largest absolute Gasteiger partial charge is 0.416 e. The Morgan fingerprint density at radius 1 is 1.16 bits per heavy atom. The number of H-pyrrole nitrogens is 1. The molecule has 2 N–H and O–H groups in total. The van der Waals surface area contributed by atoms with Crippen molar-refractivity contribution < 1.29 is 21.6 Å². The molecule has 0 bridgehead atoms. The van der Waals surface area contributed by atoms with Crippen LogP contribution >= 0.6 is 11.6 Å². The number of nitrogens with one attached hydrogen (secondary N) is 2. The molecule has 3 rings (SSSR count). The van der Waals surface area contributed by atoms with E-state index in [0.717, 1.165) is 28.9 Å². The van der Waals surface area contributed by atoms with Gasteiger partial charge in [-0.15, -0.1) is 5.10 Å². The normalized spacial score (nSPS) is 12.5. The first-order valence-corrected chi connectivity index (χ1v) is 10.9. The van der Waals surface area contributed by atoms with Crippen LogP contribution in [0.15, 0.2) is 47.3 Å². The number of hydrogen-bond acceptors (Lipinski definition) is 4. The molecular formula is C19H18ClF3N4O3S. The Balaban J connectivity index is 1.91. The predicted octanol–water partition coefficient (Wildman–Crippen LogP) is 3.73. The summed E-state index contributed by atoms with van der Waals surface area (Å²) in [5.41, 5.74) is -0.465. The van der Waals surface area contributed by atoms with Gasteiger partial charge in [-0.05, 0) is 55.8 Å². The Morgan fingerprint density at radius 2 is 1.81 bits per heavy atom. The highest BCUT2D eigenvalue weighted by Crippen LogP contribution is 2.30. The minimum Gasteiger partial charge on any atom is -0.288 e. The molecule has 7 nitrogen and oxygen atoms in total. The van der Waals surface area contributed by atoms with E-state index in [1.807, 2.05) is 0 Å². The van der Waals surface area contributed by atoms with Crippen molar-refractivity contribution >= 4 is 21.6 Å². The van der Waals surface area contributed by atoms with Gasteiger partial charge in [0.2, 0.25) is 10.0 Å². The molecule has 0 amide bonds. The van der Waals surface area contributed by atoms with Crippen molar-refractivity contribution in [3.8, 4) is 17.1 Å². The van der Waals surface area contributed by atoms with E-state index in [9.17, 15) is 26.4 Å². The lowest BCUT2D eigenvalue weighted by Gasteiger charge is -2.10. The lowest BCUT2D eigenvalue weighted by atomic mass is 10.1. The van der Waals surface area contributed by atoms with Crippen LogP contribution in [-0.2, 0) is 22.7 Å². The zero-order chi connectivity index (χ0) is 23.0. The monoisotopic (exact) mass is 474 g/mol. The third-order valence-electron chi connectivity index (χ3n) is 4.44. The van der Waals surface area contributed by atoms with Crippen molar-refractivity contribution in [1.82, 2.24) is 19.5 Å². The molecule has 1 heterocycles. The Kier molecular flexibility index (Phi) is 6.30. The average molecular weight is 475 g/mol. The molecular weight excluding hydrogens is 457 g/mol. The topological polar surface area (TPSA) is 96.8 Å². The van der Waals surface area contributed by atoms with Crippen LogP contribution in [0.25, 0.3) is 17.1 Å². The fraction of sp³-hybridized carbons (Fsp3) is 0.263. The van der Waals surface area contributed by atoms with E-state index in [1.165, 1.54) is 6.07 Å². The molecule has 166 valence electrons. The number of rotatable bonds is 6. The molecule has 0 aliphatic rings. The van der Waals surface area contributed by atoms with Crippen molar-refractivity contribution in [1.29, 1.82) is 0 Å². The summed E-state index contributed by atoms with van der Waals surface area (Å²) >= 11 is 6.21. The molecule has 2 aromatic carbocycles. The second-order valence-electron chi connectivity index (χ2n) is 6.96. The summed E-state index contributed by atoms with van der Waals surface area (Å²) in [6.07, 6.45) is -4.49. The Hall–Kier alpha value is -2.63. The molecule has 0 unspecified atom stereocenters. The third kappa shape index (κ3) is 5.17. The van der Waals surface area contributed by atoms with Crippen LogP contribution in [0.2, 0.25) is 5.02 Å². The molecule has 0 aliphatic carbocycles. The van der Waals surface area contributed by atoms with Crippen LogP contribution in [0, 0.1) is 0 Å². The summed E-state index contributed by atoms with van der Waals surface area (Å²) < 4.78 is 65.5. The molecule has 0 radical (unpaired) electrons. The molecule has 12 heteroatoms. The quantitative estimate of drug-likeness (QED) is 0.569. The Morgan fingerprint density at radius 3 is 2.39 bits per heavy atom. The highest BCUT2D eigenvalue weighted by Gasteiger charge is 2.30. The minimum atomic E-state index is -4.49. The number of alkyl halides is 3. The van der Waals surface area contributed by atoms with Crippen LogP contribution in [0.3, 0.4) is 0 Å².